The third kappa shape index (κ3) is 5.57. The summed E-state index contributed by atoms with van der Waals surface area (Å²) in [6.07, 6.45) is 0. The highest BCUT2D eigenvalue weighted by atomic mass is 16.5. The topological polar surface area (TPSA) is 130 Å². The fourth-order valence-electron chi connectivity index (χ4n) is 4.73. The second-order valence-electron chi connectivity index (χ2n) is 9.77. The van der Waals surface area contributed by atoms with Crippen molar-refractivity contribution in [2.24, 2.45) is 0 Å². The fraction of sp³-hybridized carbons (Fsp3) is 0. The molecule has 210 valence electrons. The van der Waals surface area contributed by atoms with Crippen molar-refractivity contribution in [1.29, 1.82) is 0 Å². The number of carbonyl (C=O) groups excluding carboxylic acids is 3. The quantitative estimate of drug-likeness (QED) is 0.0865. The summed E-state index contributed by atoms with van der Waals surface area (Å²) in [4.78, 5) is 39.3. The number of rotatable bonds is 6. The lowest BCUT2D eigenvalue weighted by molar-refractivity contribution is 0.0725. The minimum Gasteiger partial charge on any atom is -0.508 e. The number of fused-ring (bicyclic) bond motifs is 2. The highest BCUT2D eigenvalue weighted by Gasteiger charge is 2.20. The number of carbonyl (C=O) groups is 3. The average molecular weight is 571 g/mol. The van der Waals surface area contributed by atoms with Gasteiger partial charge in [0.05, 0.1) is 11.1 Å². The summed E-state index contributed by atoms with van der Waals surface area (Å²) in [7, 11) is 0. The predicted molar refractivity (Wildman–Crippen MR) is 159 cm³/mol. The van der Waals surface area contributed by atoms with Gasteiger partial charge in [-0.05, 0) is 131 Å². The smallest absolute Gasteiger partial charge is 0.343 e. The summed E-state index contributed by atoms with van der Waals surface area (Å²) < 4.78 is 11.2. The Hall–Kier alpha value is -6.15. The molecule has 0 saturated carbocycles. The van der Waals surface area contributed by atoms with Gasteiger partial charge in [-0.2, -0.15) is 0 Å². The minimum absolute atomic E-state index is 0.0165. The molecule has 0 aromatic heterocycles. The van der Waals surface area contributed by atoms with E-state index in [1.165, 1.54) is 72.8 Å². The fourth-order valence-corrected chi connectivity index (χ4v) is 4.73. The molecule has 0 spiro atoms. The first-order valence-corrected chi connectivity index (χ1v) is 13.1. The normalized spacial score (nSPS) is 10.9. The van der Waals surface area contributed by atoms with E-state index in [0.717, 1.165) is 0 Å². The summed E-state index contributed by atoms with van der Waals surface area (Å²) >= 11 is 0. The second-order valence-corrected chi connectivity index (χ2v) is 9.77. The van der Waals surface area contributed by atoms with E-state index in [1.54, 1.807) is 36.4 Å². The van der Waals surface area contributed by atoms with Crippen LogP contribution in [0.4, 0.5) is 0 Å². The van der Waals surface area contributed by atoms with E-state index in [2.05, 4.69) is 0 Å². The molecule has 0 saturated heterocycles. The van der Waals surface area contributed by atoms with E-state index in [-0.39, 0.29) is 45.7 Å². The van der Waals surface area contributed by atoms with Gasteiger partial charge in [-0.3, -0.25) is 4.79 Å². The molecule has 8 nitrogen and oxygen atoms in total. The molecule has 8 heteroatoms. The Morgan fingerprint density at radius 1 is 0.442 bits per heavy atom. The van der Waals surface area contributed by atoms with Crippen molar-refractivity contribution in [1.82, 2.24) is 0 Å². The van der Waals surface area contributed by atoms with Crippen LogP contribution in [0, 0.1) is 0 Å². The Morgan fingerprint density at radius 3 is 1.44 bits per heavy atom. The molecular formula is C35H22O8. The Balaban J connectivity index is 1.43. The molecule has 0 aliphatic carbocycles. The van der Waals surface area contributed by atoms with Crippen LogP contribution in [0.1, 0.15) is 36.6 Å². The number of ether oxygens (including phenoxy) is 2. The molecule has 0 unspecified atom stereocenters. The molecule has 3 N–H and O–H groups in total. The number of aromatic hydroxyl groups is 3. The maximum Gasteiger partial charge on any atom is 0.343 e. The van der Waals surface area contributed by atoms with E-state index in [4.69, 9.17) is 9.47 Å². The number of hydrogen-bond donors (Lipinski definition) is 3. The van der Waals surface area contributed by atoms with Crippen LogP contribution in [-0.2, 0) is 0 Å². The van der Waals surface area contributed by atoms with E-state index in [9.17, 15) is 29.7 Å². The summed E-state index contributed by atoms with van der Waals surface area (Å²) in [6, 6.07) is 28.9. The molecule has 0 radical (unpaired) electrons. The van der Waals surface area contributed by atoms with E-state index < -0.39 is 11.9 Å². The zero-order valence-corrected chi connectivity index (χ0v) is 22.4. The molecule has 0 heterocycles. The van der Waals surface area contributed by atoms with Crippen molar-refractivity contribution < 1.29 is 39.2 Å². The van der Waals surface area contributed by atoms with Gasteiger partial charge < -0.3 is 24.8 Å². The molecule has 6 aromatic carbocycles. The van der Waals surface area contributed by atoms with Crippen LogP contribution in [0.5, 0.6) is 28.7 Å². The lowest BCUT2D eigenvalue weighted by Crippen LogP contribution is -2.09. The third-order valence-corrected chi connectivity index (χ3v) is 6.88. The standard InChI is InChI=1S/C35H22O8/c36-25-8-1-20(2-9-25)33(39)32-30-16-15-28(42-34(40)21-3-10-26(37)11-4-21)18-24(30)17-23-7-14-29(19-31(23)32)43-35(41)22-5-12-27(38)13-6-22/h1-19,36-38H. The largest absolute Gasteiger partial charge is 0.508 e. The zero-order chi connectivity index (χ0) is 30.1. The van der Waals surface area contributed by atoms with E-state index in [1.807, 2.05) is 6.07 Å². The molecule has 0 atom stereocenters. The van der Waals surface area contributed by atoms with Gasteiger partial charge in [0.15, 0.2) is 5.78 Å². The Labute approximate surface area is 244 Å². The van der Waals surface area contributed by atoms with Crippen molar-refractivity contribution >= 4 is 39.3 Å². The minimum atomic E-state index is -0.633. The van der Waals surface area contributed by atoms with Crippen molar-refractivity contribution in [3.8, 4) is 28.7 Å². The summed E-state index contributed by atoms with van der Waals surface area (Å²) in [5.41, 5.74) is 1.17. The Kier molecular flexibility index (Phi) is 6.93. The lowest BCUT2D eigenvalue weighted by Gasteiger charge is -2.14. The monoisotopic (exact) mass is 570 g/mol. The molecule has 0 amide bonds. The number of benzene rings is 6. The highest BCUT2D eigenvalue weighted by Crippen LogP contribution is 2.35. The molecule has 0 fully saturated rings. The Bertz CT molecular complexity index is 2030. The van der Waals surface area contributed by atoms with Gasteiger partial charge in [0.25, 0.3) is 0 Å². The maximum atomic E-state index is 13.9. The van der Waals surface area contributed by atoms with Gasteiger partial charge in [-0.15, -0.1) is 0 Å². The molecular weight excluding hydrogens is 548 g/mol. The van der Waals surface area contributed by atoms with Gasteiger partial charge in [0.1, 0.15) is 28.7 Å². The van der Waals surface area contributed by atoms with E-state index >= 15 is 0 Å². The average Bonchev–Trinajstić information content (AvgIpc) is 3.00. The van der Waals surface area contributed by atoms with Crippen LogP contribution in [0.15, 0.2) is 115 Å². The summed E-state index contributed by atoms with van der Waals surface area (Å²) in [5, 5.41) is 31.1. The number of ketones is 1. The number of phenolic OH excluding ortho intramolecular Hbond substituents is 3. The maximum absolute atomic E-state index is 13.9. The first-order valence-electron chi connectivity index (χ1n) is 13.1. The number of phenols is 3. The molecule has 6 aromatic rings. The summed E-state index contributed by atoms with van der Waals surface area (Å²) in [5.74, 6) is -1.04. The van der Waals surface area contributed by atoms with Crippen LogP contribution in [-0.4, -0.2) is 33.0 Å². The van der Waals surface area contributed by atoms with Gasteiger partial charge in [-0.25, -0.2) is 9.59 Å². The molecule has 43 heavy (non-hydrogen) atoms. The molecule has 0 aliphatic heterocycles. The first kappa shape index (κ1) is 27.0. The van der Waals surface area contributed by atoms with Gasteiger partial charge in [0.2, 0.25) is 0 Å². The number of esters is 2. The van der Waals surface area contributed by atoms with Gasteiger partial charge >= 0.3 is 11.9 Å². The van der Waals surface area contributed by atoms with Crippen LogP contribution in [0.2, 0.25) is 0 Å². The first-order chi connectivity index (χ1) is 20.7. The summed E-state index contributed by atoms with van der Waals surface area (Å²) in [6.45, 7) is 0. The van der Waals surface area contributed by atoms with Crippen LogP contribution < -0.4 is 9.47 Å². The molecule has 0 bridgehead atoms. The zero-order valence-electron chi connectivity index (χ0n) is 22.4. The van der Waals surface area contributed by atoms with Crippen molar-refractivity contribution in [2.45, 2.75) is 0 Å². The highest BCUT2D eigenvalue weighted by molar-refractivity contribution is 6.24. The molecule has 6 rings (SSSR count). The SMILES string of the molecule is O=C(Oc1ccc2c(C(=O)c3ccc(O)cc3)c3cc(OC(=O)c4ccc(O)cc4)ccc3cc2c1)c1ccc(O)cc1. The lowest BCUT2D eigenvalue weighted by atomic mass is 9.91. The molecule has 0 aliphatic rings. The second kappa shape index (κ2) is 11.0. The van der Waals surface area contributed by atoms with Gasteiger partial charge in [-0.1, -0.05) is 6.07 Å². The Morgan fingerprint density at radius 2 is 0.907 bits per heavy atom. The predicted octanol–water partition coefficient (Wildman–Crippen LogP) is 6.78. The van der Waals surface area contributed by atoms with E-state index in [0.29, 0.717) is 32.7 Å². The van der Waals surface area contributed by atoms with Crippen molar-refractivity contribution in [3.05, 3.63) is 138 Å². The number of hydrogen-bond acceptors (Lipinski definition) is 8. The van der Waals surface area contributed by atoms with Crippen LogP contribution in [0.3, 0.4) is 0 Å². The van der Waals surface area contributed by atoms with Gasteiger partial charge in [0, 0.05) is 11.1 Å². The van der Waals surface area contributed by atoms with Crippen molar-refractivity contribution in [3.63, 3.8) is 0 Å². The van der Waals surface area contributed by atoms with Crippen LogP contribution >= 0.6 is 0 Å². The van der Waals surface area contributed by atoms with Crippen molar-refractivity contribution in [2.75, 3.05) is 0 Å². The van der Waals surface area contributed by atoms with Crippen LogP contribution in [0.25, 0.3) is 21.5 Å². The third-order valence-electron chi connectivity index (χ3n) is 6.88.